The third kappa shape index (κ3) is 2.16. The number of imidazole rings is 1. The van der Waals surface area contributed by atoms with Crippen molar-refractivity contribution in [2.45, 2.75) is 26.7 Å². The van der Waals surface area contributed by atoms with Crippen LogP contribution in [0.5, 0.6) is 0 Å². The summed E-state index contributed by atoms with van der Waals surface area (Å²) >= 11 is 0. The zero-order chi connectivity index (χ0) is 13.3. The highest BCUT2D eigenvalue weighted by Crippen LogP contribution is 2.27. The largest absolute Gasteiger partial charge is 0.481 e. The lowest BCUT2D eigenvalue weighted by atomic mass is 9.95. The van der Waals surface area contributed by atoms with Crippen LogP contribution in [0.25, 0.3) is 11.5 Å². The summed E-state index contributed by atoms with van der Waals surface area (Å²) in [5.74, 6) is -0.418. The van der Waals surface area contributed by atoms with E-state index in [0.717, 1.165) is 5.69 Å². The molecule has 5 nitrogen and oxygen atoms in total. The minimum absolute atomic E-state index is 0.0301. The summed E-state index contributed by atoms with van der Waals surface area (Å²) in [4.78, 5) is 18.7. The number of carboxylic acids is 1. The number of aliphatic carboxylic acids is 1. The van der Waals surface area contributed by atoms with Crippen molar-refractivity contribution in [1.29, 1.82) is 0 Å². The van der Waals surface area contributed by atoms with E-state index < -0.39 is 11.9 Å². The molecule has 0 fully saturated rings. The Morgan fingerprint density at radius 3 is 2.72 bits per heavy atom. The lowest BCUT2D eigenvalue weighted by molar-refractivity contribution is -0.140. The smallest absolute Gasteiger partial charge is 0.314 e. The molecule has 2 rings (SSSR count). The SMILES string of the molecule is Cc1[nH]c(C(C(=O)O)C(C)C)nc1-c1ccco1. The van der Waals surface area contributed by atoms with Crippen molar-refractivity contribution in [3.63, 3.8) is 0 Å². The zero-order valence-corrected chi connectivity index (χ0v) is 10.6. The second-order valence-corrected chi connectivity index (χ2v) is 4.63. The van der Waals surface area contributed by atoms with Crippen LogP contribution in [0.3, 0.4) is 0 Å². The molecule has 1 atom stereocenters. The monoisotopic (exact) mass is 248 g/mol. The van der Waals surface area contributed by atoms with Crippen molar-refractivity contribution in [2.75, 3.05) is 0 Å². The lowest BCUT2D eigenvalue weighted by Crippen LogP contribution is -2.18. The fourth-order valence-electron chi connectivity index (χ4n) is 2.00. The molecule has 2 aromatic heterocycles. The van der Waals surface area contributed by atoms with Crippen LogP contribution in [0.1, 0.15) is 31.3 Å². The number of nitrogens with one attached hydrogen (secondary N) is 1. The molecule has 0 bridgehead atoms. The van der Waals surface area contributed by atoms with Gasteiger partial charge in [0, 0.05) is 5.69 Å². The van der Waals surface area contributed by atoms with Gasteiger partial charge in [-0.25, -0.2) is 4.98 Å². The van der Waals surface area contributed by atoms with Gasteiger partial charge in [0.2, 0.25) is 0 Å². The Hall–Kier alpha value is -2.04. The summed E-state index contributed by atoms with van der Waals surface area (Å²) in [7, 11) is 0. The van der Waals surface area contributed by atoms with Gasteiger partial charge in [-0.2, -0.15) is 0 Å². The minimum atomic E-state index is -0.871. The van der Waals surface area contributed by atoms with Crippen LogP contribution in [0.2, 0.25) is 0 Å². The predicted molar refractivity (Wildman–Crippen MR) is 66.2 cm³/mol. The number of nitrogens with zero attached hydrogens (tertiary/aromatic N) is 1. The molecule has 0 aromatic carbocycles. The number of aryl methyl sites for hydroxylation is 1. The zero-order valence-electron chi connectivity index (χ0n) is 10.6. The molecule has 2 heterocycles. The second kappa shape index (κ2) is 4.68. The Morgan fingerprint density at radius 2 is 2.22 bits per heavy atom. The number of rotatable bonds is 4. The highest BCUT2D eigenvalue weighted by atomic mass is 16.4. The summed E-state index contributed by atoms with van der Waals surface area (Å²) in [6.45, 7) is 5.58. The molecule has 0 aliphatic carbocycles. The summed E-state index contributed by atoms with van der Waals surface area (Å²) in [6, 6.07) is 3.58. The Kier molecular flexibility index (Phi) is 3.23. The van der Waals surface area contributed by atoms with E-state index in [2.05, 4.69) is 9.97 Å². The van der Waals surface area contributed by atoms with Crippen molar-refractivity contribution < 1.29 is 14.3 Å². The molecule has 0 amide bonds. The van der Waals surface area contributed by atoms with Gasteiger partial charge in [-0.15, -0.1) is 0 Å². The van der Waals surface area contributed by atoms with E-state index in [1.807, 2.05) is 20.8 Å². The number of furan rings is 1. The quantitative estimate of drug-likeness (QED) is 0.871. The van der Waals surface area contributed by atoms with Gasteiger partial charge in [0.1, 0.15) is 17.4 Å². The first-order chi connectivity index (χ1) is 8.50. The molecular weight excluding hydrogens is 232 g/mol. The first-order valence-corrected chi connectivity index (χ1v) is 5.84. The van der Waals surface area contributed by atoms with Crippen molar-refractivity contribution in [3.8, 4) is 11.5 Å². The molecule has 0 saturated heterocycles. The number of aromatic nitrogens is 2. The summed E-state index contributed by atoms with van der Waals surface area (Å²) in [5, 5.41) is 9.24. The van der Waals surface area contributed by atoms with Crippen molar-refractivity contribution in [1.82, 2.24) is 9.97 Å². The molecule has 2 aromatic rings. The standard InChI is InChI=1S/C13H16N2O3/c1-7(2)10(13(16)17)12-14-8(3)11(15-12)9-5-4-6-18-9/h4-7,10H,1-3H3,(H,14,15)(H,16,17). The van der Waals surface area contributed by atoms with Crippen LogP contribution in [0.4, 0.5) is 0 Å². The van der Waals surface area contributed by atoms with E-state index >= 15 is 0 Å². The fraction of sp³-hybridized carbons (Fsp3) is 0.385. The van der Waals surface area contributed by atoms with Gasteiger partial charge in [0.15, 0.2) is 5.76 Å². The molecule has 0 spiro atoms. The van der Waals surface area contributed by atoms with E-state index in [1.165, 1.54) is 0 Å². The fourth-order valence-corrected chi connectivity index (χ4v) is 2.00. The number of hydrogen-bond donors (Lipinski definition) is 2. The topological polar surface area (TPSA) is 79.1 Å². The van der Waals surface area contributed by atoms with E-state index in [9.17, 15) is 9.90 Å². The van der Waals surface area contributed by atoms with Crippen LogP contribution in [-0.4, -0.2) is 21.0 Å². The van der Waals surface area contributed by atoms with Crippen LogP contribution in [-0.2, 0) is 4.79 Å². The van der Waals surface area contributed by atoms with E-state index in [1.54, 1.807) is 18.4 Å². The average molecular weight is 248 g/mol. The summed E-state index contributed by atoms with van der Waals surface area (Å²) < 4.78 is 5.28. The predicted octanol–water partition coefficient (Wildman–Crippen LogP) is 2.80. The number of carboxylic acid groups (broad SMARTS) is 1. The van der Waals surface area contributed by atoms with Gasteiger partial charge >= 0.3 is 5.97 Å². The number of carbonyl (C=O) groups is 1. The van der Waals surface area contributed by atoms with Gasteiger partial charge < -0.3 is 14.5 Å². The Balaban J connectivity index is 2.42. The Morgan fingerprint density at radius 1 is 1.50 bits per heavy atom. The van der Waals surface area contributed by atoms with Crippen LogP contribution in [0, 0.1) is 12.8 Å². The second-order valence-electron chi connectivity index (χ2n) is 4.63. The van der Waals surface area contributed by atoms with E-state index in [0.29, 0.717) is 17.3 Å². The van der Waals surface area contributed by atoms with E-state index in [4.69, 9.17) is 4.42 Å². The molecule has 96 valence electrons. The molecule has 18 heavy (non-hydrogen) atoms. The number of H-pyrrole nitrogens is 1. The van der Waals surface area contributed by atoms with Crippen LogP contribution in [0.15, 0.2) is 22.8 Å². The maximum Gasteiger partial charge on any atom is 0.314 e. The summed E-state index contributed by atoms with van der Waals surface area (Å²) in [6.07, 6.45) is 1.57. The molecule has 1 unspecified atom stereocenters. The van der Waals surface area contributed by atoms with Crippen LogP contribution >= 0.6 is 0 Å². The van der Waals surface area contributed by atoms with Gasteiger partial charge in [0.05, 0.1) is 6.26 Å². The van der Waals surface area contributed by atoms with Crippen molar-refractivity contribution in [2.24, 2.45) is 5.92 Å². The van der Waals surface area contributed by atoms with E-state index in [-0.39, 0.29) is 5.92 Å². The van der Waals surface area contributed by atoms with Gasteiger partial charge in [0.25, 0.3) is 0 Å². The minimum Gasteiger partial charge on any atom is -0.481 e. The molecule has 0 aliphatic heterocycles. The maximum absolute atomic E-state index is 11.3. The third-order valence-electron chi connectivity index (χ3n) is 2.88. The maximum atomic E-state index is 11.3. The van der Waals surface area contributed by atoms with Gasteiger partial charge in [-0.3, -0.25) is 4.79 Å². The lowest BCUT2D eigenvalue weighted by Gasteiger charge is -2.12. The molecule has 0 radical (unpaired) electrons. The normalized spacial score (nSPS) is 12.9. The molecule has 0 aliphatic rings. The highest BCUT2D eigenvalue weighted by Gasteiger charge is 2.28. The Bertz CT molecular complexity index is 541. The highest BCUT2D eigenvalue weighted by molar-refractivity contribution is 5.75. The first kappa shape index (κ1) is 12.4. The average Bonchev–Trinajstić information content (AvgIpc) is 2.86. The van der Waals surface area contributed by atoms with Crippen molar-refractivity contribution in [3.05, 3.63) is 29.9 Å². The third-order valence-corrected chi connectivity index (χ3v) is 2.88. The molecule has 2 N–H and O–H groups in total. The molecule has 5 heteroatoms. The molecule has 0 saturated carbocycles. The Labute approximate surface area is 105 Å². The first-order valence-electron chi connectivity index (χ1n) is 5.84. The van der Waals surface area contributed by atoms with Gasteiger partial charge in [-0.1, -0.05) is 13.8 Å². The van der Waals surface area contributed by atoms with Gasteiger partial charge in [-0.05, 0) is 25.0 Å². The van der Waals surface area contributed by atoms with Crippen molar-refractivity contribution >= 4 is 5.97 Å². The van der Waals surface area contributed by atoms with Crippen LogP contribution < -0.4 is 0 Å². The summed E-state index contributed by atoms with van der Waals surface area (Å²) in [5.41, 5.74) is 1.48. The number of aromatic amines is 1. The molecular formula is C13H16N2O3. The number of hydrogen-bond acceptors (Lipinski definition) is 3.